The van der Waals surface area contributed by atoms with E-state index in [0.29, 0.717) is 0 Å². The zero-order valence-corrected chi connectivity index (χ0v) is 9.53. The second-order valence-corrected chi connectivity index (χ2v) is 4.78. The minimum absolute atomic E-state index is 0.199. The molecule has 0 aliphatic carbocycles. The molecule has 0 N–H and O–H groups in total. The summed E-state index contributed by atoms with van der Waals surface area (Å²) in [4.78, 5) is 0. The highest BCUT2D eigenvalue weighted by Gasteiger charge is 2.21. The average Bonchev–Trinajstić information content (AvgIpc) is 2.25. The van der Waals surface area contributed by atoms with Crippen LogP contribution in [-0.4, -0.2) is 5.60 Å². The van der Waals surface area contributed by atoms with Gasteiger partial charge in [-0.3, -0.25) is 0 Å². The molecule has 3 rings (SSSR count). The maximum absolute atomic E-state index is 5.94. The molecule has 0 bridgehead atoms. The van der Waals surface area contributed by atoms with E-state index in [9.17, 15) is 0 Å². The fourth-order valence-electron chi connectivity index (χ4n) is 2.06. The fourth-order valence-corrected chi connectivity index (χ4v) is 2.06. The van der Waals surface area contributed by atoms with Crippen LogP contribution in [0.4, 0.5) is 0 Å². The number of benzene rings is 2. The number of fused-ring (bicyclic) bond motifs is 2. The molecule has 0 fully saturated rings. The highest BCUT2D eigenvalue weighted by atomic mass is 16.5. The van der Waals surface area contributed by atoms with Gasteiger partial charge in [0.15, 0.2) is 0 Å². The van der Waals surface area contributed by atoms with Crippen LogP contribution in [0, 0.1) is 0 Å². The van der Waals surface area contributed by atoms with Gasteiger partial charge in [-0.05, 0) is 42.8 Å². The van der Waals surface area contributed by atoms with Gasteiger partial charge >= 0.3 is 0 Å². The molecule has 1 heteroatoms. The molecular weight excluding hydrogens is 196 g/mol. The van der Waals surface area contributed by atoms with Crippen molar-refractivity contribution in [2.75, 3.05) is 0 Å². The lowest BCUT2D eigenvalue weighted by Crippen LogP contribution is -2.27. The van der Waals surface area contributed by atoms with Crippen LogP contribution in [0.3, 0.4) is 0 Å². The Morgan fingerprint density at radius 2 is 1.69 bits per heavy atom. The molecule has 16 heavy (non-hydrogen) atoms. The van der Waals surface area contributed by atoms with Gasteiger partial charge in [-0.1, -0.05) is 30.3 Å². The van der Waals surface area contributed by atoms with Crippen LogP contribution in [-0.2, 0) is 0 Å². The van der Waals surface area contributed by atoms with Gasteiger partial charge in [0, 0.05) is 5.56 Å². The van der Waals surface area contributed by atoms with E-state index in [1.807, 2.05) is 0 Å². The van der Waals surface area contributed by atoms with Crippen molar-refractivity contribution in [2.24, 2.45) is 0 Å². The third-order valence-corrected chi connectivity index (χ3v) is 2.92. The maximum Gasteiger partial charge on any atom is 0.128 e. The summed E-state index contributed by atoms with van der Waals surface area (Å²) in [5.41, 5.74) is 0.966. The van der Waals surface area contributed by atoms with E-state index in [2.05, 4.69) is 62.4 Å². The van der Waals surface area contributed by atoms with E-state index >= 15 is 0 Å². The van der Waals surface area contributed by atoms with Gasteiger partial charge in [0.1, 0.15) is 11.4 Å². The first-order chi connectivity index (χ1) is 7.64. The van der Waals surface area contributed by atoms with E-state index in [-0.39, 0.29) is 5.60 Å². The van der Waals surface area contributed by atoms with Crippen molar-refractivity contribution in [3.05, 3.63) is 48.0 Å². The molecule has 1 nitrogen and oxygen atoms in total. The van der Waals surface area contributed by atoms with Gasteiger partial charge in [0.2, 0.25) is 0 Å². The number of hydrogen-bond acceptors (Lipinski definition) is 1. The maximum atomic E-state index is 5.94. The number of rotatable bonds is 0. The van der Waals surface area contributed by atoms with Gasteiger partial charge < -0.3 is 4.74 Å². The van der Waals surface area contributed by atoms with Crippen LogP contribution in [0.5, 0.6) is 5.75 Å². The van der Waals surface area contributed by atoms with Crippen LogP contribution < -0.4 is 4.74 Å². The van der Waals surface area contributed by atoms with Crippen molar-refractivity contribution in [1.82, 2.24) is 0 Å². The molecule has 2 aromatic carbocycles. The number of ether oxygens (including phenoxy) is 1. The van der Waals surface area contributed by atoms with Crippen molar-refractivity contribution < 1.29 is 4.74 Å². The quantitative estimate of drug-likeness (QED) is 0.638. The molecule has 2 aromatic rings. The average molecular weight is 210 g/mol. The lowest BCUT2D eigenvalue weighted by atomic mass is 9.99. The summed E-state index contributed by atoms with van der Waals surface area (Å²) in [5.74, 6) is 0.978. The molecule has 1 aliphatic rings. The van der Waals surface area contributed by atoms with Crippen molar-refractivity contribution in [3.63, 3.8) is 0 Å². The summed E-state index contributed by atoms with van der Waals surface area (Å²) in [6.07, 6.45) is 4.25. The SMILES string of the molecule is CC1(C)C=Cc2cc3ccccc3cc2O1. The smallest absolute Gasteiger partial charge is 0.128 e. The van der Waals surface area contributed by atoms with Crippen LogP contribution in [0.2, 0.25) is 0 Å². The Kier molecular flexibility index (Phi) is 1.84. The largest absolute Gasteiger partial charge is 0.483 e. The second-order valence-electron chi connectivity index (χ2n) is 4.78. The molecule has 0 radical (unpaired) electrons. The Labute approximate surface area is 95.4 Å². The zero-order chi connectivity index (χ0) is 11.2. The first kappa shape index (κ1) is 9.46. The van der Waals surface area contributed by atoms with E-state index in [0.717, 1.165) is 11.3 Å². The van der Waals surface area contributed by atoms with Crippen molar-refractivity contribution in [2.45, 2.75) is 19.4 Å². The topological polar surface area (TPSA) is 9.23 Å². The van der Waals surface area contributed by atoms with Gasteiger partial charge in [-0.2, -0.15) is 0 Å². The number of hydrogen-bond donors (Lipinski definition) is 0. The van der Waals surface area contributed by atoms with Crippen molar-refractivity contribution >= 4 is 16.8 Å². The highest BCUT2D eigenvalue weighted by Crippen LogP contribution is 2.33. The van der Waals surface area contributed by atoms with Crippen LogP contribution in [0.15, 0.2) is 42.5 Å². The zero-order valence-electron chi connectivity index (χ0n) is 9.53. The highest BCUT2D eigenvalue weighted by molar-refractivity contribution is 5.87. The Hall–Kier alpha value is -1.76. The summed E-state index contributed by atoms with van der Waals surface area (Å²) in [7, 11) is 0. The Balaban J connectivity index is 2.24. The molecular formula is C15H14O. The predicted octanol–water partition coefficient (Wildman–Crippen LogP) is 4.02. The Bertz CT molecular complexity index is 579. The Morgan fingerprint density at radius 1 is 1.00 bits per heavy atom. The second kappa shape index (κ2) is 3.11. The first-order valence-corrected chi connectivity index (χ1v) is 5.55. The van der Waals surface area contributed by atoms with Gasteiger partial charge in [-0.15, -0.1) is 0 Å². The summed E-state index contributed by atoms with van der Waals surface area (Å²) in [5, 5.41) is 2.49. The third kappa shape index (κ3) is 1.49. The van der Waals surface area contributed by atoms with E-state index in [1.165, 1.54) is 10.8 Å². The minimum atomic E-state index is -0.199. The standard InChI is InChI=1S/C15H14O/c1-15(2)8-7-13-9-11-5-3-4-6-12(11)10-14(13)16-15/h3-10H,1-2H3. The summed E-state index contributed by atoms with van der Waals surface area (Å²) < 4.78 is 5.94. The Morgan fingerprint density at radius 3 is 2.44 bits per heavy atom. The molecule has 1 heterocycles. The van der Waals surface area contributed by atoms with E-state index < -0.39 is 0 Å². The molecule has 0 saturated carbocycles. The molecule has 0 amide bonds. The summed E-state index contributed by atoms with van der Waals surface area (Å²) in [6, 6.07) is 12.7. The van der Waals surface area contributed by atoms with Gasteiger partial charge in [-0.25, -0.2) is 0 Å². The molecule has 0 aromatic heterocycles. The van der Waals surface area contributed by atoms with Crippen molar-refractivity contribution in [1.29, 1.82) is 0 Å². The fraction of sp³-hybridized carbons (Fsp3) is 0.200. The van der Waals surface area contributed by atoms with Crippen molar-refractivity contribution in [3.8, 4) is 5.75 Å². The van der Waals surface area contributed by atoms with Gasteiger partial charge in [0.25, 0.3) is 0 Å². The normalized spacial score (nSPS) is 16.9. The van der Waals surface area contributed by atoms with Crippen LogP contribution in [0.1, 0.15) is 19.4 Å². The van der Waals surface area contributed by atoms with E-state index in [1.54, 1.807) is 0 Å². The lowest BCUT2D eigenvalue weighted by Gasteiger charge is -2.28. The molecule has 0 saturated heterocycles. The third-order valence-electron chi connectivity index (χ3n) is 2.92. The molecule has 80 valence electrons. The molecule has 1 aliphatic heterocycles. The molecule has 0 unspecified atom stereocenters. The molecule has 0 atom stereocenters. The predicted molar refractivity (Wildman–Crippen MR) is 67.7 cm³/mol. The molecule has 0 spiro atoms. The first-order valence-electron chi connectivity index (χ1n) is 5.55. The summed E-state index contributed by atoms with van der Waals surface area (Å²) >= 11 is 0. The minimum Gasteiger partial charge on any atom is -0.483 e. The van der Waals surface area contributed by atoms with Crippen LogP contribution >= 0.6 is 0 Å². The van der Waals surface area contributed by atoms with Crippen LogP contribution in [0.25, 0.3) is 16.8 Å². The lowest BCUT2D eigenvalue weighted by molar-refractivity contribution is 0.159. The monoisotopic (exact) mass is 210 g/mol. The summed E-state index contributed by atoms with van der Waals surface area (Å²) in [6.45, 7) is 4.14. The van der Waals surface area contributed by atoms with E-state index in [4.69, 9.17) is 4.74 Å². The van der Waals surface area contributed by atoms with Gasteiger partial charge in [0.05, 0.1) is 0 Å².